The number of nitrogens with zero attached hydrogens (tertiary/aromatic N) is 1. The third-order valence-corrected chi connectivity index (χ3v) is 3.67. The third kappa shape index (κ3) is 3.59. The molecule has 0 saturated heterocycles. The maximum atomic E-state index is 11.7. The number of amides is 1. The second-order valence-corrected chi connectivity index (χ2v) is 5.89. The summed E-state index contributed by atoms with van der Waals surface area (Å²) in [5.74, 6) is 0.00187. The number of carbonyl (C=O) groups excluding carboxylic acids is 1. The van der Waals surface area contributed by atoms with E-state index in [1.54, 1.807) is 23.2 Å². The van der Waals surface area contributed by atoms with Gasteiger partial charge in [-0.15, -0.1) is 11.3 Å². The van der Waals surface area contributed by atoms with E-state index < -0.39 is 6.04 Å². The Morgan fingerprint density at radius 2 is 2.33 bits per heavy atom. The van der Waals surface area contributed by atoms with Crippen molar-refractivity contribution < 1.29 is 4.79 Å². The fraction of sp³-hybridized carbons (Fsp3) is 0.500. The molecule has 0 aliphatic rings. The van der Waals surface area contributed by atoms with E-state index in [2.05, 4.69) is 15.9 Å². The predicted molar refractivity (Wildman–Crippen MR) is 66.8 cm³/mol. The SMILES string of the molecule is CCN(Cc1ccc(Br)s1)C(=O)[C@H](C)N. The molecule has 1 atom stereocenters. The number of likely N-dealkylation sites (N-methyl/N-ethyl adjacent to an activating group) is 1. The van der Waals surface area contributed by atoms with Crippen LogP contribution in [0.5, 0.6) is 0 Å². The molecule has 15 heavy (non-hydrogen) atoms. The summed E-state index contributed by atoms with van der Waals surface area (Å²) in [4.78, 5) is 14.6. The first-order chi connectivity index (χ1) is 7.04. The lowest BCUT2D eigenvalue weighted by Crippen LogP contribution is -2.41. The first kappa shape index (κ1) is 12.7. The molecule has 0 aromatic carbocycles. The molecule has 0 bridgehead atoms. The van der Waals surface area contributed by atoms with E-state index in [1.807, 2.05) is 19.1 Å². The van der Waals surface area contributed by atoms with Gasteiger partial charge in [0.05, 0.1) is 16.4 Å². The lowest BCUT2D eigenvalue weighted by atomic mass is 10.3. The van der Waals surface area contributed by atoms with Gasteiger partial charge in [0.2, 0.25) is 5.91 Å². The number of thiophene rings is 1. The molecule has 0 aliphatic heterocycles. The minimum Gasteiger partial charge on any atom is -0.336 e. The Morgan fingerprint density at radius 1 is 1.67 bits per heavy atom. The zero-order chi connectivity index (χ0) is 11.4. The highest BCUT2D eigenvalue weighted by atomic mass is 79.9. The van der Waals surface area contributed by atoms with Gasteiger partial charge in [-0.3, -0.25) is 4.79 Å². The summed E-state index contributed by atoms with van der Waals surface area (Å²) in [5, 5.41) is 0. The van der Waals surface area contributed by atoms with Crippen molar-refractivity contribution in [2.45, 2.75) is 26.4 Å². The van der Waals surface area contributed by atoms with Gasteiger partial charge in [0.25, 0.3) is 0 Å². The summed E-state index contributed by atoms with van der Waals surface area (Å²) >= 11 is 5.04. The Balaban J connectivity index is 2.65. The monoisotopic (exact) mass is 290 g/mol. The standard InChI is InChI=1S/C10H15BrN2OS/c1-3-13(10(14)7(2)12)6-8-4-5-9(11)15-8/h4-5,7H,3,6,12H2,1-2H3/t7-/m0/s1. The molecule has 2 N–H and O–H groups in total. The molecule has 3 nitrogen and oxygen atoms in total. The normalized spacial score (nSPS) is 12.5. The Bertz CT molecular complexity index is 338. The van der Waals surface area contributed by atoms with Crippen LogP contribution in [0.1, 0.15) is 18.7 Å². The lowest BCUT2D eigenvalue weighted by Gasteiger charge is -2.21. The van der Waals surface area contributed by atoms with Gasteiger partial charge in [-0.25, -0.2) is 0 Å². The highest BCUT2D eigenvalue weighted by Crippen LogP contribution is 2.23. The summed E-state index contributed by atoms with van der Waals surface area (Å²) in [6.07, 6.45) is 0. The average molecular weight is 291 g/mol. The van der Waals surface area contributed by atoms with E-state index in [9.17, 15) is 4.79 Å². The topological polar surface area (TPSA) is 46.3 Å². The first-order valence-corrected chi connectivity index (χ1v) is 6.44. The van der Waals surface area contributed by atoms with Crippen LogP contribution in [0.15, 0.2) is 15.9 Å². The zero-order valence-electron chi connectivity index (χ0n) is 8.87. The van der Waals surface area contributed by atoms with E-state index in [1.165, 1.54) is 0 Å². The smallest absolute Gasteiger partial charge is 0.239 e. The van der Waals surface area contributed by atoms with Crippen molar-refractivity contribution in [3.05, 3.63) is 20.8 Å². The Labute approximate surface area is 102 Å². The molecule has 84 valence electrons. The van der Waals surface area contributed by atoms with Crippen molar-refractivity contribution >= 4 is 33.2 Å². The Kier molecular flexibility index (Phi) is 4.76. The number of rotatable bonds is 4. The van der Waals surface area contributed by atoms with Gasteiger partial charge in [0, 0.05) is 11.4 Å². The molecular formula is C10H15BrN2OS. The second-order valence-electron chi connectivity index (χ2n) is 3.35. The summed E-state index contributed by atoms with van der Waals surface area (Å²) in [6, 6.07) is 3.59. The largest absolute Gasteiger partial charge is 0.336 e. The van der Waals surface area contributed by atoms with Crippen LogP contribution in [0.3, 0.4) is 0 Å². The van der Waals surface area contributed by atoms with Gasteiger partial charge in [-0.1, -0.05) is 0 Å². The van der Waals surface area contributed by atoms with Crippen LogP contribution in [-0.4, -0.2) is 23.4 Å². The quantitative estimate of drug-likeness (QED) is 0.924. The number of carbonyl (C=O) groups is 1. The maximum Gasteiger partial charge on any atom is 0.239 e. The van der Waals surface area contributed by atoms with Crippen molar-refractivity contribution in [1.82, 2.24) is 4.90 Å². The van der Waals surface area contributed by atoms with Gasteiger partial charge in [0.15, 0.2) is 0 Å². The van der Waals surface area contributed by atoms with Crippen LogP contribution in [0.4, 0.5) is 0 Å². The van der Waals surface area contributed by atoms with Crippen LogP contribution in [0.2, 0.25) is 0 Å². The van der Waals surface area contributed by atoms with E-state index in [-0.39, 0.29) is 5.91 Å². The minimum absolute atomic E-state index is 0.00187. The lowest BCUT2D eigenvalue weighted by molar-refractivity contribution is -0.132. The fourth-order valence-corrected chi connectivity index (χ4v) is 2.76. The highest BCUT2D eigenvalue weighted by Gasteiger charge is 2.16. The van der Waals surface area contributed by atoms with E-state index >= 15 is 0 Å². The van der Waals surface area contributed by atoms with Gasteiger partial charge < -0.3 is 10.6 Å². The molecule has 0 saturated carbocycles. The van der Waals surface area contributed by atoms with Gasteiger partial charge >= 0.3 is 0 Å². The molecule has 0 aliphatic carbocycles. The Hall–Kier alpha value is -0.390. The van der Waals surface area contributed by atoms with Crippen molar-refractivity contribution in [2.24, 2.45) is 5.73 Å². The molecular weight excluding hydrogens is 276 g/mol. The summed E-state index contributed by atoms with van der Waals surface area (Å²) in [6.45, 7) is 5.02. The van der Waals surface area contributed by atoms with Crippen LogP contribution in [0.25, 0.3) is 0 Å². The minimum atomic E-state index is -0.423. The Morgan fingerprint density at radius 3 is 2.73 bits per heavy atom. The number of hydrogen-bond donors (Lipinski definition) is 1. The molecule has 5 heteroatoms. The maximum absolute atomic E-state index is 11.7. The first-order valence-electron chi connectivity index (χ1n) is 4.83. The van der Waals surface area contributed by atoms with E-state index in [0.717, 1.165) is 8.66 Å². The zero-order valence-corrected chi connectivity index (χ0v) is 11.3. The average Bonchev–Trinajstić information content (AvgIpc) is 2.59. The number of hydrogen-bond acceptors (Lipinski definition) is 3. The molecule has 1 aromatic rings. The third-order valence-electron chi connectivity index (χ3n) is 2.06. The van der Waals surface area contributed by atoms with Crippen molar-refractivity contribution in [2.75, 3.05) is 6.54 Å². The molecule has 1 amide bonds. The number of nitrogens with two attached hydrogens (primary N) is 1. The van der Waals surface area contributed by atoms with Crippen LogP contribution >= 0.6 is 27.3 Å². The summed E-state index contributed by atoms with van der Waals surface area (Å²) in [5.41, 5.74) is 5.57. The van der Waals surface area contributed by atoms with Crippen LogP contribution < -0.4 is 5.73 Å². The second kappa shape index (κ2) is 5.63. The van der Waals surface area contributed by atoms with Gasteiger partial charge in [0.1, 0.15) is 0 Å². The molecule has 1 rings (SSSR count). The van der Waals surface area contributed by atoms with Crippen molar-refractivity contribution in [1.29, 1.82) is 0 Å². The molecule has 0 unspecified atom stereocenters. The van der Waals surface area contributed by atoms with E-state index in [0.29, 0.717) is 13.1 Å². The van der Waals surface area contributed by atoms with E-state index in [4.69, 9.17) is 5.73 Å². The molecule has 1 aromatic heterocycles. The highest BCUT2D eigenvalue weighted by molar-refractivity contribution is 9.11. The van der Waals surface area contributed by atoms with Crippen LogP contribution in [0, 0.1) is 0 Å². The predicted octanol–water partition coefficient (Wildman–Crippen LogP) is 2.21. The molecule has 0 fully saturated rings. The van der Waals surface area contributed by atoms with Gasteiger partial charge in [-0.2, -0.15) is 0 Å². The molecule has 0 radical (unpaired) electrons. The summed E-state index contributed by atoms with van der Waals surface area (Å²) in [7, 11) is 0. The fourth-order valence-electron chi connectivity index (χ4n) is 1.26. The summed E-state index contributed by atoms with van der Waals surface area (Å²) < 4.78 is 1.08. The molecule has 0 spiro atoms. The van der Waals surface area contributed by atoms with Crippen molar-refractivity contribution in [3.8, 4) is 0 Å². The van der Waals surface area contributed by atoms with Crippen LogP contribution in [-0.2, 0) is 11.3 Å². The number of halogens is 1. The van der Waals surface area contributed by atoms with Gasteiger partial charge in [-0.05, 0) is 41.9 Å². The molecule has 1 heterocycles. The van der Waals surface area contributed by atoms with Crippen molar-refractivity contribution in [3.63, 3.8) is 0 Å².